The number of ether oxygens (including phenoxy) is 1. The van der Waals surface area contributed by atoms with Gasteiger partial charge >= 0.3 is 0 Å². The third kappa shape index (κ3) is 3.41. The highest BCUT2D eigenvalue weighted by Gasteiger charge is 2.36. The van der Waals surface area contributed by atoms with Gasteiger partial charge in [-0.25, -0.2) is 0 Å². The van der Waals surface area contributed by atoms with E-state index in [9.17, 15) is 15.2 Å². The highest BCUT2D eigenvalue weighted by atomic mass is 16.6. The SMILES string of the molecule is CC[C@H](c1ccc([N+](=O)[O-])cc1)[C@](O)(CC)c1ccc(OC)cc1. The molecular weight excluding hydrogens is 306 g/mol. The van der Waals surface area contributed by atoms with Crippen LogP contribution in [-0.4, -0.2) is 17.1 Å². The second kappa shape index (κ2) is 7.45. The summed E-state index contributed by atoms with van der Waals surface area (Å²) in [4.78, 5) is 10.4. The van der Waals surface area contributed by atoms with E-state index in [1.165, 1.54) is 12.1 Å². The van der Waals surface area contributed by atoms with Gasteiger partial charge in [0, 0.05) is 18.1 Å². The van der Waals surface area contributed by atoms with Crippen molar-refractivity contribution in [3.8, 4) is 5.75 Å². The second-order valence-corrected chi connectivity index (χ2v) is 5.82. The van der Waals surface area contributed by atoms with Gasteiger partial charge in [-0.2, -0.15) is 0 Å². The molecule has 0 aliphatic heterocycles. The number of methoxy groups -OCH3 is 1. The molecule has 0 heterocycles. The van der Waals surface area contributed by atoms with Crippen molar-refractivity contribution in [2.24, 2.45) is 0 Å². The normalized spacial score (nSPS) is 14.7. The number of nitrogens with zero attached hydrogens (tertiary/aromatic N) is 1. The summed E-state index contributed by atoms with van der Waals surface area (Å²) in [7, 11) is 1.60. The molecule has 5 heteroatoms. The van der Waals surface area contributed by atoms with Crippen LogP contribution in [0.5, 0.6) is 5.75 Å². The van der Waals surface area contributed by atoms with E-state index in [-0.39, 0.29) is 11.6 Å². The first kappa shape index (κ1) is 17.9. The molecule has 0 fully saturated rings. The smallest absolute Gasteiger partial charge is 0.269 e. The molecule has 128 valence electrons. The molecular formula is C19H23NO4. The zero-order chi connectivity index (χ0) is 17.7. The number of aliphatic hydroxyl groups is 1. The number of hydrogen-bond acceptors (Lipinski definition) is 4. The van der Waals surface area contributed by atoms with E-state index in [0.717, 1.165) is 16.9 Å². The lowest BCUT2D eigenvalue weighted by atomic mass is 9.74. The van der Waals surface area contributed by atoms with Crippen molar-refractivity contribution in [1.82, 2.24) is 0 Å². The Bertz CT molecular complexity index is 682. The van der Waals surface area contributed by atoms with Crippen molar-refractivity contribution >= 4 is 5.69 Å². The molecule has 0 aromatic heterocycles. The number of hydrogen-bond donors (Lipinski definition) is 1. The Kier molecular flexibility index (Phi) is 5.57. The van der Waals surface area contributed by atoms with E-state index in [4.69, 9.17) is 4.74 Å². The van der Waals surface area contributed by atoms with Gasteiger partial charge in [-0.15, -0.1) is 0 Å². The van der Waals surface area contributed by atoms with Gasteiger partial charge in [0.25, 0.3) is 5.69 Å². The molecule has 2 aromatic carbocycles. The molecule has 0 aliphatic carbocycles. The van der Waals surface area contributed by atoms with E-state index in [2.05, 4.69) is 0 Å². The number of nitro benzene ring substituents is 1. The molecule has 0 unspecified atom stereocenters. The topological polar surface area (TPSA) is 72.6 Å². The first-order chi connectivity index (χ1) is 11.5. The molecule has 0 spiro atoms. The Balaban J connectivity index is 2.41. The molecule has 0 amide bonds. The standard InChI is InChI=1S/C19H23NO4/c1-4-18(14-6-10-16(11-7-14)20(22)23)19(21,5-2)15-8-12-17(24-3)13-9-15/h6-13,18,21H,4-5H2,1-3H3/t18-,19+/m1/s1. The van der Waals surface area contributed by atoms with Crippen LogP contribution in [0.1, 0.15) is 43.7 Å². The zero-order valence-corrected chi connectivity index (χ0v) is 14.2. The largest absolute Gasteiger partial charge is 0.497 e. The van der Waals surface area contributed by atoms with Gasteiger partial charge in [-0.3, -0.25) is 10.1 Å². The monoisotopic (exact) mass is 329 g/mol. The highest BCUT2D eigenvalue weighted by molar-refractivity contribution is 5.38. The van der Waals surface area contributed by atoms with E-state index in [0.29, 0.717) is 12.8 Å². The first-order valence-electron chi connectivity index (χ1n) is 8.07. The lowest BCUT2D eigenvalue weighted by Crippen LogP contribution is -2.32. The summed E-state index contributed by atoms with van der Waals surface area (Å²) in [5.41, 5.74) is 0.717. The van der Waals surface area contributed by atoms with Gasteiger partial charge in [0.15, 0.2) is 0 Å². The van der Waals surface area contributed by atoms with Crippen molar-refractivity contribution < 1.29 is 14.8 Å². The molecule has 0 bridgehead atoms. The Hall–Kier alpha value is -2.40. The zero-order valence-electron chi connectivity index (χ0n) is 14.2. The van der Waals surface area contributed by atoms with E-state index in [1.807, 2.05) is 38.1 Å². The lowest BCUT2D eigenvalue weighted by molar-refractivity contribution is -0.384. The number of nitro groups is 1. The Morgan fingerprint density at radius 2 is 1.71 bits per heavy atom. The molecule has 5 nitrogen and oxygen atoms in total. The minimum absolute atomic E-state index is 0.0538. The molecule has 2 atom stereocenters. The van der Waals surface area contributed by atoms with Crippen LogP contribution in [0, 0.1) is 10.1 Å². The van der Waals surface area contributed by atoms with Crippen LogP contribution >= 0.6 is 0 Å². The van der Waals surface area contributed by atoms with E-state index >= 15 is 0 Å². The van der Waals surface area contributed by atoms with Crippen molar-refractivity contribution in [1.29, 1.82) is 0 Å². The fraction of sp³-hybridized carbons (Fsp3) is 0.368. The molecule has 24 heavy (non-hydrogen) atoms. The van der Waals surface area contributed by atoms with Gasteiger partial charge in [-0.05, 0) is 36.1 Å². The van der Waals surface area contributed by atoms with Gasteiger partial charge in [-0.1, -0.05) is 38.1 Å². The van der Waals surface area contributed by atoms with Crippen LogP contribution in [0.15, 0.2) is 48.5 Å². The summed E-state index contributed by atoms with van der Waals surface area (Å²) >= 11 is 0. The quantitative estimate of drug-likeness (QED) is 0.604. The Morgan fingerprint density at radius 3 is 2.12 bits per heavy atom. The van der Waals surface area contributed by atoms with Crippen LogP contribution < -0.4 is 4.74 Å². The van der Waals surface area contributed by atoms with Crippen LogP contribution in [0.4, 0.5) is 5.69 Å². The van der Waals surface area contributed by atoms with Crippen LogP contribution in [0.25, 0.3) is 0 Å². The Morgan fingerprint density at radius 1 is 1.12 bits per heavy atom. The average molecular weight is 329 g/mol. The summed E-state index contributed by atoms with van der Waals surface area (Å²) in [6.45, 7) is 3.95. The summed E-state index contributed by atoms with van der Waals surface area (Å²) in [6.07, 6.45) is 1.25. The van der Waals surface area contributed by atoms with Crippen molar-refractivity contribution in [3.63, 3.8) is 0 Å². The fourth-order valence-electron chi connectivity index (χ4n) is 3.21. The van der Waals surface area contributed by atoms with Gasteiger partial charge in [0.1, 0.15) is 5.75 Å². The number of benzene rings is 2. The maximum Gasteiger partial charge on any atom is 0.269 e. The average Bonchev–Trinajstić information content (AvgIpc) is 2.62. The van der Waals surface area contributed by atoms with Gasteiger partial charge < -0.3 is 9.84 Å². The summed E-state index contributed by atoms with van der Waals surface area (Å²) in [6, 6.07) is 13.8. The predicted octanol–water partition coefficient (Wildman–Crippen LogP) is 4.39. The highest BCUT2D eigenvalue weighted by Crippen LogP contribution is 2.42. The summed E-state index contributed by atoms with van der Waals surface area (Å²) < 4.78 is 5.18. The maximum absolute atomic E-state index is 11.4. The molecule has 2 aromatic rings. The summed E-state index contributed by atoms with van der Waals surface area (Å²) in [5, 5.41) is 22.2. The third-order valence-electron chi connectivity index (χ3n) is 4.62. The molecule has 0 saturated carbocycles. The minimum Gasteiger partial charge on any atom is -0.497 e. The van der Waals surface area contributed by atoms with Crippen molar-refractivity contribution in [3.05, 3.63) is 69.8 Å². The first-order valence-corrected chi connectivity index (χ1v) is 8.07. The lowest BCUT2D eigenvalue weighted by Gasteiger charge is -2.36. The number of non-ortho nitro benzene ring substituents is 1. The summed E-state index contributed by atoms with van der Waals surface area (Å²) in [5.74, 6) is 0.581. The van der Waals surface area contributed by atoms with Crippen molar-refractivity contribution in [2.45, 2.75) is 38.2 Å². The fourth-order valence-corrected chi connectivity index (χ4v) is 3.21. The maximum atomic E-state index is 11.4. The van der Waals surface area contributed by atoms with E-state index < -0.39 is 10.5 Å². The molecule has 1 N–H and O–H groups in total. The Labute approximate surface area is 142 Å². The molecule has 2 rings (SSSR count). The molecule has 0 aliphatic rings. The van der Waals surface area contributed by atoms with Crippen LogP contribution in [0.3, 0.4) is 0 Å². The van der Waals surface area contributed by atoms with Crippen LogP contribution in [-0.2, 0) is 5.60 Å². The van der Waals surface area contributed by atoms with Crippen LogP contribution in [0.2, 0.25) is 0 Å². The predicted molar refractivity (Wildman–Crippen MR) is 93.3 cm³/mol. The number of rotatable bonds is 7. The molecule has 0 radical (unpaired) electrons. The minimum atomic E-state index is -1.04. The third-order valence-corrected chi connectivity index (χ3v) is 4.62. The van der Waals surface area contributed by atoms with Gasteiger partial charge in [0.05, 0.1) is 17.6 Å². The molecule has 0 saturated heterocycles. The second-order valence-electron chi connectivity index (χ2n) is 5.82. The van der Waals surface area contributed by atoms with E-state index in [1.54, 1.807) is 19.2 Å². The van der Waals surface area contributed by atoms with Crippen molar-refractivity contribution in [2.75, 3.05) is 7.11 Å². The van der Waals surface area contributed by atoms with Gasteiger partial charge in [0.2, 0.25) is 0 Å².